The van der Waals surface area contributed by atoms with Crippen LogP contribution in [0.1, 0.15) is 175 Å². The van der Waals surface area contributed by atoms with Crippen molar-refractivity contribution in [3.05, 3.63) is 0 Å². The van der Waals surface area contributed by atoms with Crippen molar-refractivity contribution >= 4 is 11.9 Å². The summed E-state index contributed by atoms with van der Waals surface area (Å²) < 4.78 is 10.5. The molecule has 0 amide bonds. The van der Waals surface area contributed by atoms with Gasteiger partial charge in [-0.3, -0.25) is 9.59 Å². The summed E-state index contributed by atoms with van der Waals surface area (Å²) in [6.45, 7) is 6.45. The van der Waals surface area contributed by atoms with E-state index >= 15 is 0 Å². The highest BCUT2D eigenvalue weighted by atomic mass is 16.6. The quantitative estimate of drug-likeness (QED) is 0.0755. The lowest BCUT2D eigenvalue weighted by Gasteiger charge is -2.15. The molecule has 0 aliphatic rings. The Morgan fingerprint density at radius 3 is 1.39 bits per heavy atom. The lowest BCUT2D eigenvalue weighted by Crippen LogP contribution is -2.28. The molecule has 38 heavy (non-hydrogen) atoms. The Hall–Kier alpha value is -1.10. The average Bonchev–Trinajstić information content (AvgIpc) is 2.90. The molecule has 0 aromatic heterocycles. The van der Waals surface area contributed by atoms with E-state index < -0.39 is 6.10 Å². The van der Waals surface area contributed by atoms with Gasteiger partial charge in [-0.05, 0) is 18.8 Å². The molecule has 0 saturated carbocycles. The molecule has 0 spiro atoms. The summed E-state index contributed by atoms with van der Waals surface area (Å²) in [6, 6.07) is 0. The highest BCUT2D eigenvalue weighted by Crippen LogP contribution is 2.15. The number of rotatable bonds is 29. The Balaban J connectivity index is 3.56. The summed E-state index contributed by atoms with van der Waals surface area (Å²) in [6.07, 6.45) is 27.3. The normalized spacial score (nSPS) is 12.1. The maximum absolute atomic E-state index is 12.1. The summed E-state index contributed by atoms with van der Waals surface area (Å²) in [7, 11) is 0. The summed E-state index contributed by atoms with van der Waals surface area (Å²) >= 11 is 0. The Morgan fingerprint density at radius 1 is 0.579 bits per heavy atom. The number of aliphatic hydroxyl groups is 1. The predicted octanol–water partition coefficient (Wildman–Crippen LogP) is 9.47. The van der Waals surface area contributed by atoms with Gasteiger partial charge in [-0.25, -0.2) is 0 Å². The Morgan fingerprint density at radius 2 is 0.974 bits per heavy atom. The van der Waals surface area contributed by atoms with Crippen molar-refractivity contribution in [2.24, 2.45) is 5.92 Å². The molecular weight excluding hydrogens is 476 g/mol. The molecule has 0 fully saturated rings. The van der Waals surface area contributed by atoms with Crippen LogP contribution in [-0.2, 0) is 19.1 Å². The molecule has 226 valence electrons. The average molecular weight is 541 g/mol. The Labute approximate surface area is 236 Å². The second-order valence-electron chi connectivity index (χ2n) is 11.7. The van der Waals surface area contributed by atoms with E-state index in [0.29, 0.717) is 12.8 Å². The minimum atomic E-state index is -0.760. The summed E-state index contributed by atoms with van der Waals surface area (Å²) in [5.41, 5.74) is 0. The van der Waals surface area contributed by atoms with E-state index in [2.05, 4.69) is 20.8 Å². The molecule has 0 radical (unpaired) electrons. The maximum atomic E-state index is 12.1. The fourth-order valence-electron chi connectivity index (χ4n) is 4.80. The molecule has 0 aliphatic carbocycles. The van der Waals surface area contributed by atoms with Crippen molar-refractivity contribution in [3.8, 4) is 0 Å². The van der Waals surface area contributed by atoms with Crippen molar-refractivity contribution in [2.75, 3.05) is 13.2 Å². The van der Waals surface area contributed by atoms with Crippen LogP contribution in [0.15, 0.2) is 0 Å². The van der Waals surface area contributed by atoms with Gasteiger partial charge in [-0.2, -0.15) is 0 Å². The van der Waals surface area contributed by atoms with E-state index in [0.717, 1.165) is 44.4 Å². The van der Waals surface area contributed by atoms with Gasteiger partial charge in [0, 0.05) is 12.8 Å². The maximum Gasteiger partial charge on any atom is 0.306 e. The highest BCUT2D eigenvalue weighted by Gasteiger charge is 2.16. The van der Waals surface area contributed by atoms with Crippen LogP contribution in [0.2, 0.25) is 0 Å². The molecule has 0 aromatic carbocycles. The van der Waals surface area contributed by atoms with E-state index in [4.69, 9.17) is 9.47 Å². The van der Waals surface area contributed by atoms with Crippen LogP contribution in [-0.4, -0.2) is 36.4 Å². The largest absolute Gasteiger partial charge is 0.462 e. The fraction of sp³-hybridized carbons (Fsp3) is 0.939. The zero-order valence-electron chi connectivity index (χ0n) is 25.6. The van der Waals surface area contributed by atoms with Gasteiger partial charge in [0.15, 0.2) is 6.10 Å². The van der Waals surface area contributed by atoms with Crippen LogP contribution < -0.4 is 0 Å². The number of hydrogen-bond acceptors (Lipinski definition) is 5. The van der Waals surface area contributed by atoms with Crippen LogP contribution in [0.4, 0.5) is 0 Å². The van der Waals surface area contributed by atoms with Crippen molar-refractivity contribution in [1.82, 2.24) is 0 Å². The molecule has 5 heteroatoms. The summed E-state index contributed by atoms with van der Waals surface area (Å²) in [4.78, 5) is 24.0. The first-order chi connectivity index (χ1) is 18.5. The van der Waals surface area contributed by atoms with E-state index in [1.807, 2.05) is 0 Å². The SMILES string of the molecule is CCCCCCCCCCCCCCC(=O)O[C@@H](CO)COC(=O)CCCCCCCCCCCC(C)C. The van der Waals surface area contributed by atoms with E-state index in [1.54, 1.807) is 0 Å². The third-order valence-electron chi connectivity index (χ3n) is 7.33. The minimum Gasteiger partial charge on any atom is -0.462 e. The fourth-order valence-corrected chi connectivity index (χ4v) is 4.80. The molecule has 0 aromatic rings. The van der Waals surface area contributed by atoms with Gasteiger partial charge in [0.05, 0.1) is 6.61 Å². The summed E-state index contributed by atoms with van der Waals surface area (Å²) in [5, 5.41) is 9.48. The molecule has 5 nitrogen and oxygen atoms in total. The van der Waals surface area contributed by atoms with Crippen LogP contribution in [0.5, 0.6) is 0 Å². The standard InChI is InChI=1S/C33H64O5/c1-4-5-6-7-8-9-10-11-14-18-21-24-27-33(36)38-31(28-34)29-37-32(35)26-23-20-17-15-12-13-16-19-22-25-30(2)3/h30-31,34H,4-29H2,1-3H3/t31-/m0/s1. The highest BCUT2D eigenvalue weighted by molar-refractivity contribution is 5.70. The number of ether oxygens (including phenoxy) is 2. The van der Waals surface area contributed by atoms with Gasteiger partial charge in [0.1, 0.15) is 6.61 Å². The number of hydrogen-bond donors (Lipinski definition) is 1. The lowest BCUT2D eigenvalue weighted by molar-refractivity contribution is -0.161. The van der Waals surface area contributed by atoms with Crippen LogP contribution in [0, 0.1) is 5.92 Å². The summed E-state index contributed by atoms with van der Waals surface area (Å²) in [5.74, 6) is 0.234. The zero-order chi connectivity index (χ0) is 28.1. The molecule has 0 aliphatic heterocycles. The van der Waals surface area contributed by atoms with Gasteiger partial charge in [-0.1, -0.05) is 149 Å². The molecule has 0 unspecified atom stereocenters. The third kappa shape index (κ3) is 27.9. The first kappa shape index (κ1) is 36.9. The second-order valence-corrected chi connectivity index (χ2v) is 11.7. The smallest absolute Gasteiger partial charge is 0.306 e. The molecular formula is C33H64O5. The molecule has 0 heterocycles. The van der Waals surface area contributed by atoms with Crippen molar-refractivity contribution < 1.29 is 24.2 Å². The van der Waals surface area contributed by atoms with Gasteiger partial charge < -0.3 is 14.6 Å². The number of carbonyl (C=O) groups is 2. The molecule has 0 saturated heterocycles. The van der Waals surface area contributed by atoms with Crippen molar-refractivity contribution in [1.29, 1.82) is 0 Å². The minimum absolute atomic E-state index is 0.0592. The number of aliphatic hydroxyl groups excluding tert-OH is 1. The van der Waals surface area contributed by atoms with E-state index in [9.17, 15) is 14.7 Å². The first-order valence-electron chi connectivity index (χ1n) is 16.5. The molecule has 0 rings (SSSR count). The van der Waals surface area contributed by atoms with Gasteiger partial charge in [0.25, 0.3) is 0 Å². The predicted molar refractivity (Wildman–Crippen MR) is 159 cm³/mol. The lowest BCUT2D eigenvalue weighted by atomic mass is 10.0. The second kappa shape index (κ2) is 28.9. The van der Waals surface area contributed by atoms with Crippen molar-refractivity contribution in [3.63, 3.8) is 0 Å². The topological polar surface area (TPSA) is 72.8 Å². The van der Waals surface area contributed by atoms with Crippen LogP contribution in [0.3, 0.4) is 0 Å². The zero-order valence-corrected chi connectivity index (χ0v) is 25.6. The van der Waals surface area contributed by atoms with E-state index in [1.165, 1.54) is 103 Å². The number of unbranched alkanes of at least 4 members (excludes halogenated alkanes) is 19. The molecule has 1 atom stereocenters. The van der Waals surface area contributed by atoms with Gasteiger partial charge in [-0.15, -0.1) is 0 Å². The monoisotopic (exact) mass is 540 g/mol. The van der Waals surface area contributed by atoms with E-state index in [-0.39, 0.29) is 25.2 Å². The first-order valence-corrected chi connectivity index (χ1v) is 16.5. The number of esters is 2. The Kier molecular flexibility index (Phi) is 28.1. The van der Waals surface area contributed by atoms with Crippen LogP contribution >= 0.6 is 0 Å². The van der Waals surface area contributed by atoms with Crippen LogP contribution in [0.25, 0.3) is 0 Å². The van der Waals surface area contributed by atoms with Gasteiger partial charge in [0.2, 0.25) is 0 Å². The third-order valence-corrected chi connectivity index (χ3v) is 7.33. The molecule has 1 N–H and O–H groups in total. The number of carbonyl (C=O) groups excluding carboxylic acids is 2. The van der Waals surface area contributed by atoms with Gasteiger partial charge >= 0.3 is 11.9 Å². The molecule has 0 bridgehead atoms. The Bertz CT molecular complexity index is 520. The van der Waals surface area contributed by atoms with Crippen molar-refractivity contribution in [2.45, 2.75) is 181 Å².